The molecule has 1 aromatic heterocycles. The number of halogens is 2. The van der Waals surface area contributed by atoms with Crippen LogP contribution in [-0.2, 0) is 0 Å². The van der Waals surface area contributed by atoms with Gasteiger partial charge in [0.15, 0.2) is 0 Å². The highest BCUT2D eigenvalue weighted by Crippen LogP contribution is 2.36. The van der Waals surface area contributed by atoms with E-state index in [0.717, 1.165) is 33.0 Å². The van der Waals surface area contributed by atoms with Gasteiger partial charge in [-0.15, -0.1) is 0 Å². The van der Waals surface area contributed by atoms with Crippen LogP contribution in [0.5, 0.6) is 0 Å². The summed E-state index contributed by atoms with van der Waals surface area (Å²) < 4.78 is 3.01. The van der Waals surface area contributed by atoms with E-state index in [2.05, 4.69) is 50.6 Å². The summed E-state index contributed by atoms with van der Waals surface area (Å²) in [7, 11) is 0. The fourth-order valence-electron chi connectivity index (χ4n) is 2.32. The summed E-state index contributed by atoms with van der Waals surface area (Å²) in [5.41, 5.74) is 5.30. The number of benzene rings is 2. The Labute approximate surface area is 125 Å². The molecule has 0 radical (unpaired) electrons. The van der Waals surface area contributed by atoms with Gasteiger partial charge in [0.25, 0.3) is 0 Å². The molecule has 0 spiro atoms. The lowest BCUT2D eigenvalue weighted by Crippen LogP contribution is -1.90. The Balaban J connectivity index is 2.26. The zero-order chi connectivity index (χ0) is 13.4. The number of hydrogen-bond donors (Lipinski definition) is 2. The Morgan fingerprint density at radius 2 is 1.95 bits per heavy atom. The lowest BCUT2D eigenvalue weighted by molar-refractivity contribution is 1.40. The molecular formula is C15H12BrClN2. The summed E-state index contributed by atoms with van der Waals surface area (Å²) >= 11 is 9.63. The number of H-pyrrole nitrogens is 1. The van der Waals surface area contributed by atoms with E-state index >= 15 is 0 Å². The van der Waals surface area contributed by atoms with Gasteiger partial charge in [0.05, 0.1) is 5.02 Å². The van der Waals surface area contributed by atoms with Crippen molar-refractivity contribution in [3.8, 4) is 11.3 Å². The van der Waals surface area contributed by atoms with Gasteiger partial charge in [0.1, 0.15) is 0 Å². The maximum Gasteiger partial charge on any atom is 0.0503 e. The molecule has 0 fully saturated rings. The number of hydrogen-bond acceptors (Lipinski definition) is 1. The predicted molar refractivity (Wildman–Crippen MR) is 86.0 cm³/mol. The van der Waals surface area contributed by atoms with Crippen LogP contribution in [-0.4, -0.2) is 4.98 Å². The average Bonchev–Trinajstić information content (AvgIpc) is 2.82. The van der Waals surface area contributed by atoms with Gasteiger partial charge in [-0.25, -0.2) is 0 Å². The fraction of sp³-hybridized carbons (Fsp3) is 0.0667. The van der Waals surface area contributed by atoms with E-state index in [-0.39, 0.29) is 0 Å². The average molecular weight is 336 g/mol. The number of rotatable bonds is 2. The Hall–Kier alpha value is -1.45. The molecule has 0 bridgehead atoms. The lowest BCUT2D eigenvalue weighted by Gasteiger charge is -2.11. The van der Waals surface area contributed by atoms with Crippen molar-refractivity contribution in [2.45, 2.75) is 6.92 Å². The van der Waals surface area contributed by atoms with E-state index < -0.39 is 0 Å². The molecule has 0 atom stereocenters. The zero-order valence-electron chi connectivity index (χ0n) is 10.3. The highest BCUT2D eigenvalue weighted by Gasteiger charge is 2.12. The van der Waals surface area contributed by atoms with Crippen LogP contribution in [0.3, 0.4) is 0 Å². The van der Waals surface area contributed by atoms with Crippen molar-refractivity contribution in [2.24, 2.45) is 0 Å². The van der Waals surface area contributed by atoms with Gasteiger partial charge in [-0.1, -0.05) is 29.8 Å². The first-order chi connectivity index (χ1) is 9.20. The quantitative estimate of drug-likeness (QED) is 0.593. The molecule has 96 valence electrons. The van der Waals surface area contributed by atoms with Crippen LogP contribution in [0.1, 0.15) is 5.56 Å². The highest BCUT2D eigenvalue weighted by atomic mass is 79.9. The van der Waals surface area contributed by atoms with Crippen LogP contribution >= 0.6 is 27.7 Å². The van der Waals surface area contributed by atoms with Crippen molar-refractivity contribution >= 4 is 44.3 Å². The predicted octanol–water partition coefficient (Wildman–Crippen LogP) is 5.52. The van der Waals surface area contributed by atoms with Crippen LogP contribution in [0.2, 0.25) is 5.02 Å². The molecule has 0 saturated carbocycles. The van der Waals surface area contributed by atoms with Crippen molar-refractivity contribution < 1.29 is 0 Å². The molecule has 4 heteroatoms. The maximum atomic E-state index is 6.36. The molecule has 0 aliphatic rings. The minimum absolute atomic E-state index is 0.746. The van der Waals surface area contributed by atoms with Gasteiger partial charge in [-0.2, -0.15) is 0 Å². The molecule has 2 N–H and O–H groups in total. The summed E-state index contributed by atoms with van der Waals surface area (Å²) in [6, 6.07) is 14.2. The van der Waals surface area contributed by atoms with Gasteiger partial charge in [-0.05, 0) is 36.8 Å². The van der Waals surface area contributed by atoms with E-state index in [0.29, 0.717) is 0 Å². The second-order valence-electron chi connectivity index (χ2n) is 4.46. The van der Waals surface area contributed by atoms with Crippen LogP contribution in [0.25, 0.3) is 22.2 Å². The van der Waals surface area contributed by atoms with E-state index in [1.165, 1.54) is 5.39 Å². The summed E-state index contributed by atoms with van der Waals surface area (Å²) in [5.74, 6) is 0. The van der Waals surface area contributed by atoms with Gasteiger partial charge in [-0.3, -0.25) is 0 Å². The minimum Gasteiger partial charge on any atom is -0.354 e. The summed E-state index contributed by atoms with van der Waals surface area (Å²) in [6.07, 6.45) is 0. The van der Waals surface area contributed by atoms with Gasteiger partial charge >= 0.3 is 0 Å². The van der Waals surface area contributed by atoms with Crippen LogP contribution in [0.15, 0.2) is 42.5 Å². The van der Waals surface area contributed by atoms with Gasteiger partial charge in [0.2, 0.25) is 0 Å². The van der Waals surface area contributed by atoms with E-state index in [1.54, 1.807) is 0 Å². The molecule has 0 aliphatic heterocycles. The topological polar surface area (TPSA) is 27.8 Å². The standard InChI is InChI=1S/C15H12BrClN2/c1-9-12(19-16)7-6-11(17)15(9)14-8-10-4-2-3-5-13(10)18-14/h2-8,18-19H,1H3. The lowest BCUT2D eigenvalue weighted by atomic mass is 10.0. The van der Waals surface area contributed by atoms with E-state index in [4.69, 9.17) is 11.6 Å². The first-order valence-electron chi connectivity index (χ1n) is 5.94. The number of nitrogens with one attached hydrogen (secondary N) is 2. The molecule has 0 amide bonds. The smallest absolute Gasteiger partial charge is 0.0503 e. The van der Waals surface area contributed by atoms with E-state index in [1.807, 2.05) is 24.3 Å². The molecule has 0 aliphatic carbocycles. The van der Waals surface area contributed by atoms with Gasteiger partial charge < -0.3 is 9.33 Å². The third kappa shape index (κ3) is 2.13. The van der Waals surface area contributed by atoms with Crippen molar-refractivity contribution in [2.75, 3.05) is 4.34 Å². The third-order valence-electron chi connectivity index (χ3n) is 3.32. The molecule has 0 saturated heterocycles. The van der Waals surface area contributed by atoms with Crippen LogP contribution in [0, 0.1) is 6.92 Å². The Morgan fingerprint density at radius 3 is 2.68 bits per heavy atom. The minimum atomic E-state index is 0.746. The van der Waals surface area contributed by atoms with Crippen molar-refractivity contribution in [1.29, 1.82) is 0 Å². The van der Waals surface area contributed by atoms with Gasteiger partial charge in [0, 0.05) is 44.0 Å². The Kier molecular flexibility index (Phi) is 3.25. The van der Waals surface area contributed by atoms with E-state index in [9.17, 15) is 0 Å². The number of aromatic nitrogens is 1. The molecular weight excluding hydrogens is 324 g/mol. The van der Waals surface area contributed by atoms with Crippen molar-refractivity contribution in [1.82, 2.24) is 4.98 Å². The SMILES string of the molecule is Cc1c(NBr)ccc(Cl)c1-c1cc2ccccc2[nH]1. The van der Waals surface area contributed by atoms with Crippen molar-refractivity contribution in [3.05, 3.63) is 53.1 Å². The summed E-state index contributed by atoms with van der Waals surface area (Å²) in [5, 5.41) is 1.93. The maximum absolute atomic E-state index is 6.36. The second kappa shape index (κ2) is 4.91. The number of para-hydroxylation sites is 1. The van der Waals surface area contributed by atoms with Crippen molar-refractivity contribution in [3.63, 3.8) is 0 Å². The first-order valence-corrected chi connectivity index (χ1v) is 7.11. The second-order valence-corrected chi connectivity index (χ2v) is 5.26. The number of fused-ring (bicyclic) bond motifs is 1. The highest BCUT2D eigenvalue weighted by molar-refractivity contribution is 9.10. The number of aromatic amines is 1. The molecule has 3 aromatic rings. The summed E-state index contributed by atoms with van der Waals surface area (Å²) in [4.78, 5) is 3.42. The molecule has 2 nitrogen and oxygen atoms in total. The molecule has 2 aromatic carbocycles. The first kappa shape index (κ1) is 12.6. The zero-order valence-corrected chi connectivity index (χ0v) is 12.6. The normalized spacial score (nSPS) is 10.9. The third-order valence-corrected chi connectivity index (χ3v) is 4.06. The van der Waals surface area contributed by atoms with Crippen LogP contribution < -0.4 is 4.34 Å². The molecule has 0 unspecified atom stereocenters. The number of anilines is 1. The largest absolute Gasteiger partial charge is 0.354 e. The Morgan fingerprint density at radius 1 is 1.16 bits per heavy atom. The molecule has 19 heavy (non-hydrogen) atoms. The molecule has 1 heterocycles. The fourth-order valence-corrected chi connectivity index (χ4v) is 3.06. The Bertz CT molecular complexity index is 716. The van der Waals surface area contributed by atoms with Crippen LogP contribution in [0.4, 0.5) is 5.69 Å². The molecule has 3 rings (SSSR count). The summed E-state index contributed by atoms with van der Waals surface area (Å²) in [6.45, 7) is 2.05. The monoisotopic (exact) mass is 334 g/mol.